The van der Waals surface area contributed by atoms with Crippen LogP contribution in [0.4, 0.5) is 0 Å². The molecule has 2 atom stereocenters. The second kappa shape index (κ2) is 6.53. The number of benzene rings is 1. The van der Waals surface area contributed by atoms with Crippen molar-refractivity contribution < 1.29 is 8.42 Å². The van der Waals surface area contributed by atoms with E-state index in [1.54, 1.807) is 12.1 Å². The highest BCUT2D eigenvalue weighted by Gasteiger charge is 2.41. The van der Waals surface area contributed by atoms with Crippen molar-refractivity contribution in [1.82, 2.24) is 19.7 Å². The van der Waals surface area contributed by atoms with E-state index in [4.69, 9.17) is 0 Å². The minimum Gasteiger partial charge on any atom is -0.289 e. The van der Waals surface area contributed by atoms with Gasteiger partial charge in [-0.1, -0.05) is 6.07 Å². The Morgan fingerprint density at radius 1 is 1.11 bits per heavy atom. The summed E-state index contributed by atoms with van der Waals surface area (Å²) in [6.07, 6.45) is 10.3. The van der Waals surface area contributed by atoms with E-state index in [1.165, 1.54) is 29.5 Å². The van der Waals surface area contributed by atoms with Crippen molar-refractivity contribution >= 4 is 9.84 Å². The van der Waals surface area contributed by atoms with Crippen LogP contribution in [0.3, 0.4) is 0 Å². The van der Waals surface area contributed by atoms with Gasteiger partial charge in [-0.05, 0) is 48.7 Å². The maximum Gasteiger partial charge on any atom is 0.175 e. The van der Waals surface area contributed by atoms with Crippen molar-refractivity contribution in [2.75, 3.05) is 6.26 Å². The van der Waals surface area contributed by atoms with Gasteiger partial charge in [-0.3, -0.25) is 9.88 Å². The first-order chi connectivity index (χ1) is 13.5. The maximum absolute atomic E-state index is 11.7. The Hall–Kier alpha value is -2.51. The van der Waals surface area contributed by atoms with Gasteiger partial charge in [-0.2, -0.15) is 5.10 Å². The minimum absolute atomic E-state index is 0.333. The lowest BCUT2D eigenvalue weighted by atomic mass is 9.99. The van der Waals surface area contributed by atoms with Gasteiger partial charge < -0.3 is 0 Å². The zero-order valence-electron chi connectivity index (χ0n) is 15.7. The lowest BCUT2D eigenvalue weighted by Gasteiger charge is -2.35. The summed E-state index contributed by atoms with van der Waals surface area (Å²) in [5, 5.41) is 4.65. The van der Waals surface area contributed by atoms with Crippen molar-refractivity contribution in [3.63, 3.8) is 0 Å². The van der Waals surface area contributed by atoms with Crippen LogP contribution >= 0.6 is 0 Å². The molecule has 5 rings (SSSR count). The summed E-state index contributed by atoms with van der Waals surface area (Å²) in [6.45, 7) is 0.914. The molecule has 0 saturated carbocycles. The van der Waals surface area contributed by atoms with E-state index in [0.29, 0.717) is 17.0 Å². The zero-order valence-corrected chi connectivity index (χ0v) is 16.5. The highest BCUT2D eigenvalue weighted by molar-refractivity contribution is 7.90. The number of sulfone groups is 1. The number of pyridine rings is 1. The summed E-state index contributed by atoms with van der Waals surface area (Å²) in [6, 6.07) is 12.0. The second-order valence-electron chi connectivity index (χ2n) is 7.71. The largest absolute Gasteiger partial charge is 0.289 e. The molecule has 1 aromatic carbocycles. The van der Waals surface area contributed by atoms with E-state index >= 15 is 0 Å². The third-order valence-electron chi connectivity index (χ3n) is 5.93. The third-order valence-corrected chi connectivity index (χ3v) is 7.06. The van der Waals surface area contributed by atoms with Gasteiger partial charge in [0.05, 0.1) is 22.5 Å². The van der Waals surface area contributed by atoms with E-state index < -0.39 is 9.84 Å². The highest BCUT2D eigenvalue weighted by Crippen LogP contribution is 2.44. The monoisotopic (exact) mass is 394 g/mol. The molecule has 2 bridgehead atoms. The van der Waals surface area contributed by atoms with Crippen molar-refractivity contribution in [3.05, 3.63) is 71.8 Å². The lowest BCUT2D eigenvalue weighted by molar-refractivity contribution is 0.166. The van der Waals surface area contributed by atoms with Gasteiger partial charge in [0.1, 0.15) is 0 Å². The molecule has 28 heavy (non-hydrogen) atoms. The van der Waals surface area contributed by atoms with Gasteiger partial charge in [0.25, 0.3) is 0 Å². The van der Waals surface area contributed by atoms with Crippen LogP contribution in [0.15, 0.2) is 59.9 Å². The first-order valence-corrected chi connectivity index (χ1v) is 11.4. The summed E-state index contributed by atoms with van der Waals surface area (Å²) in [7, 11) is -3.19. The maximum atomic E-state index is 11.7. The standard InChI is InChI=1S/C21H22N4O2S/c1-28(26,27)18-7-4-16(5-8-18)25-21-11-17-6-9-20(19(21)13-23-25)24(17)14-15-3-2-10-22-12-15/h2-5,7-8,10,12-13,17,20H,6,9,11,14H2,1H3/t17-,20-/m1/s1. The SMILES string of the molecule is CS(=O)(=O)c1ccc(-n2ncc3c2C[C@H]2CC[C@H]3N2Cc2cccnc2)cc1. The number of nitrogens with zero attached hydrogens (tertiary/aromatic N) is 4. The predicted octanol–water partition coefficient (Wildman–Crippen LogP) is 2.93. The molecule has 144 valence electrons. The molecule has 2 aliphatic rings. The molecule has 0 radical (unpaired) electrons. The molecule has 2 aliphatic heterocycles. The number of fused-ring (bicyclic) bond motifs is 4. The molecule has 2 aromatic heterocycles. The lowest BCUT2D eigenvalue weighted by Crippen LogP contribution is -2.37. The second-order valence-corrected chi connectivity index (χ2v) is 9.72. The summed E-state index contributed by atoms with van der Waals surface area (Å²) >= 11 is 0. The molecule has 0 spiro atoms. The van der Waals surface area contributed by atoms with Crippen LogP contribution in [0.25, 0.3) is 5.69 Å². The Labute approximate surface area is 164 Å². The van der Waals surface area contributed by atoms with Crippen LogP contribution in [0.1, 0.15) is 35.7 Å². The van der Waals surface area contributed by atoms with Gasteiger partial charge in [-0.15, -0.1) is 0 Å². The molecule has 0 unspecified atom stereocenters. The first kappa shape index (κ1) is 17.6. The molecule has 4 heterocycles. The topological polar surface area (TPSA) is 68.1 Å². The average molecular weight is 395 g/mol. The minimum atomic E-state index is -3.19. The van der Waals surface area contributed by atoms with Crippen molar-refractivity contribution in [1.29, 1.82) is 0 Å². The van der Waals surface area contributed by atoms with Crippen LogP contribution < -0.4 is 0 Å². The van der Waals surface area contributed by atoms with Gasteiger partial charge in [0.15, 0.2) is 9.84 Å². The summed E-state index contributed by atoms with van der Waals surface area (Å²) in [4.78, 5) is 7.16. The van der Waals surface area contributed by atoms with Crippen LogP contribution in [-0.4, -0.2) is 40.4 Å². The average Bonchev–Trinajstić information content (AvgIpc) is 3.22. The fourth-order valence-corrected chi connectivity index (χ4v) is 5.21. The summed E-state index contributed by atoms with van der Waals surface area (Å²) in [5.74, 6) is 0. The highest BCUT2D eigenvalue weighted by atomic mass is 32.2. The molecule has 1 saturated heterocycles. The van der Waals surface area contributed by atoms with Crippen LogP contribution in [0.5, 0.6) is 0 Å². The smallest absolute Gasteiger partial charge is 0.175 e. The molecule has 6 nitrogen and oxygen atoms in total. The molecule has 7 heteroatoms. The molecule has 1 fully saturated rings. The fourth-order valence-electron chi connectivity index (χ4n) is 4.58. The Balaban J connectivity index is 1.46. The predicted molar refractivity (Wildman–Crippen MR) is 106 cm³/mol. The van der Waals surface area contributed by atoms with Crippen LogP contribution in [-0.2, 0) is 22.8 Å². The van der Waals surface area contributed by atoms with Crippen LogP contribution in [0.2, 0.25) is 0 Å². The zero-order chi connectivity index (χ0) is 19.3. The molecule has 0 aliphatic carbocycles. The molecule has 3 aromatic rings. The molecule has 0 N–H and O–H groups in total. The summed E-state index contributed by atoms with van der Waals surface area (Å²) < 4.78 is 25.4. The van der Waals surface area contributed by atoms with E-state index in [1.807, 2.05) is 41.5 Å². The quantitative estimate of drug-likeness (QED) is 0.681. The number of hydrogen-bond donors (Lipinski definition) is 0. The van der Waals surface area contributed by atoms with E-state index in [0.717, 1.165) is 25.1 Å². The summed E-state index contributed by atoms with van der Waals surface area (Å²) in [5.41, 5.74) is 4.70. The van der Waals surface area contributed by atoms with Gasteiger partial charge >= 0.3 is 0 Å². The Morgan fingerprint density at radius 3 is 2.64 bits per heavy atom. The Bertz CT molecular complexity index is 1110. The van der Waals surface area contributed by atoms with E-state index in [9.17, 15) is 8.42 Å². The fraction of sp³-hybridized carbons (Fsp3) is 0.333. The number of rotatable bonds is 4. The Morgan fingerprint density at radius 2 is 1.93 bits per heavy atom. The normalized spacial score (nSPS) is 21.6. The molecule has 0 amide bonds. The molecular weight excluding hydrogens is 372 g/mol. The number of hydrogen-bond acceptors (Lipinski definition) is 5. The first-order valence-electron chi connectivity index (χ1n) is 9.52. The van der Waals surface area contributed by atoms with Crippen molar-refractivity contribution in [2.24, 2.45) is 0 Å². The van der Waals surface area contributed by atoms with E-state index in [-0.39, 0.29) is 0 Å². The molecular formula is C21H22N4O2S. The van der Waals surface area contributed by atoms with Gasteiger partial charge in [-0.25, -0.2) is 13.1 Å². The third kappa shape index (κ3) is 2.95. The Kier molecular flexibility index (Phi) is 4.10. The van der Waals surface area contributed by atoms with Gasteiger partial charge in [0.2, 0.25) is 0 Å². The van der Waals surface area contributed by atoms with Crippen molar-refractivity contribution in [2.45, 2.75) is 42.8 Å². The number of aromatic nitrogens is 3. The van der Waals surface area contributed by atoms with Crippen LogP contribution in [0, 0.1) is 0 Å². The van der Waals surface area contributed by atoms with Crippen molar-refractivity contribution in [3.8, 4) is 5.69 Å². The van der Waals surface area contributed by atoms with E-state index in [2.05, 4.69) is 21.0 Å². The van der Waals surface area contributed by atoms with Gasteiger partial charge in [0, 0.05) is 49.3 Å².